The Kier molecular flexibility index (Phi) is 9.40. The Morgan fingerprint density at radius 2 is 1.68 bits per heavy atom. The van der Waals surface area contributed by atoms with Crippen LogP contribution in [-0.4, -0.2) is 81.0 Å². The molecule has 1 aromatic carbocycles. The van der Waals surface area contributed by atoms with Gasteiger partial charge in [-0.15, -0.1) is 11.3 Å². The number of β-amino-alcohol motifs (C(OH)–C–C–N with tert-alkyl or cyclic N) is 2. The fourth-order valence-corrected chi connectivity index (χ4v) is 4.73. The van der Waals surface area contributed by atoms with Crippen LogP contribution in [-0.2, 0) is 11.3 Å². The minimum atomic E-state index is -1.30. The number of unbranched alkanes of at least 4 members (excludes halogenated alkanes) is 3. The van der Waals surface area contributed by atoms with Gasteiger partial charge in [-0.25, -0.2) is 4.98 Å². The quantitative estimate of drug-likeness (QED) is 0.410. The first kappa shape index (κ1) is 24.3. The Hall–Kier alpha value is -1.39. The third-order valence-corrected chi connectivity index (χ3v) is 6.64. The van der Waals surface area contributed by atoms with E-state index >= 15 is 0 Å². The highest BCUT2D eigenvalue weighted by atomic mass is 32.1. The predicted molar refractivity (Wildman–Crippen MR) is 121 cm³/mol. The lowest BCUT2D eigenvalue weighted by Crippen LogP contribution is -2.43. The number of likely N-dealkylation sites (tertiary alicyclic amines) is 1. The average molecular weight is 451 g/mol. The Balaban J connectivity index is 1.27. The number of aliphatic hydroxyl groups is 4. The zero-order valence-corrected chi connectivity index (χ0v) is 18.9. The molecule has 31 heavy (non-hydrogen) atoms. The van der Waals surface area contributed by atoms with Crippen LogP contribution in [0.3, 0.4) is 0 Å². The van der Waals surface area contributed by atoms with Crippen molar-refractivity contribution in [3.05, 3.63) is 40.9 Å². The molecule has 4 atom stereocenters. The van der Waals surface area contributed by atoms with Gasteiger partial charge in [-0.1, -0.05) is 37.1 Å². The Morgan fingerprint density at radius 3 is 2.39 bits per heavy atom. The topological polar surface area (TPSA) is 106 Å². The SMILES string of the molecule is Cc1ccccc1-c1nc(COCCCCCCN2C[C@H](O)[C@@H](O)[C@H](O)[C@@H](O)C2)cs1. The second-order valence-electron chi connectivity index (χ2n) is 8.30. The van der Waals surface area contributed by atoms with Gasteiger partial charge in [-0.2, -0.15) is 0 Å². The summed E-state index contributed by atoms with van der Waals surface area (Å²) >= 11 is 1.64. The molecule has 0 amide bonds. The first-order valence-electron chi connectivity index (χ1n) is 11.0. The van der Waals surface area contributed by atoms with E-state index < -0.39 is 24.4 Å². The summed E-state index contributed by atoms with van der Waals surface area (Å²) in [6.07, 6.45) is -0.740. The molecule has 0 aliphatic carbocycles. The van der Waals surface area contributed by atoms with Crippen LogP contribution in [0, 0.1) is 6.92 Å². The zero-order valence-electron chi connectivity index (χ0n) is 18.1. The number of aromatic nitrogens is 1. The van der Waals surface area contributed by atoms with Gasteiger partial charge in [0.1, 0.15) is 17.2 Å². The number of aliphatic hydroxyl groups excluding tert-OH is 4. The molecule has 0 spiro atoms. The van der Waals surface area contributed by atoms with E-state index in [1.165, 1.54) is 11.1 Å². The third-order valence-electron chi connectivity index (χ3n) is 5.72. The summed E-state index contributed by atoms with van der Waals surface area (Å²) in [6.45, 7) is 4.55. The van der Waals surface area contributed by atoms with Crippen molar-refractivity contribution in [1.29, 1.82) is 0 Å². The standard InChI is InChI=1S/C23H34N2O5S/c1-16-8-4-5-9-18(16)23-24-17(15-31-23)14-30-11-7-3-2-6-10-25-12-19(26)21(28)22(29)20(27)13-25/h4-5,8-9,15,19-22,26-29H,2-3,6-7,10-14H2,1H3/t19-,20-,21+,22+/m0/s1. The molecule has 7 nitrogen and oxygen atoms in total. The van der Waals surface area contributed by atoms with E-state index in [2.05, 4.69) is 29.4 Å². The molecule has 1 saturated heterocycles. The van der Waals surface area contributed by atoms with Crippen LogP contribution >= 0.6 is 11.3 Å². The van der Waals surface area contributed by atoms with Crippen LogP contribution < -0.4 is 0 Å². The van der Waals surface area contributed by atoms with Gasteiger partial charge >= 0.3 is 0 Å². The number of nitrogens with zero attached hydrogens (tertiary/aromatic N) is 2. The smallest absolute Gasteiger partial charge is 0.123 e. The molecule has 3 rings (SSSR count). The van der Waals surface area contributed by atoms with Crippen LogP contribution in [0.25, 0.3) is 10.6 Å². The summed E-state index contributed by atoms with van der Waals surface area (Å²) in [5.41, 5.74) is 3.36. The van der Waals surface area contributed by atoms with Crippen LogP contribution in [0.5, 0.6) is 0 Å². The van der Waals surface area contributed by atoms with Crippen molar-refractivity contribution in [1.82, 2.24) is 9.88 Å². The highest BCUT2D eigenvalue weighted by Crippen LogP contribution is 2.26. The monoisotopic (exact) mass is 450 g/mol. The van der Waals surface area contributed by atoms with Gasteiger partial charge < -0.3 is 25.2 Å². The molecule has 1 aliphatic rings. The van der Waals surface area contributed by atoms with E-state index in [4.69, 9.17) is 4.74 Å². The highest BCUT2D eigenvalue weighted by molar-refractivity contribution is 7.13. The maximum atomic E-state index is 9.91. The van der Waals surface area contributed by atoms with E-state index in [1.807, 2.05) is 17.0 Å². The molecule has 4 N–H and O–H groups in total. The summed E-state index contributed by atoms with van der Waals surface area (Å²) in [5, 5.41) is 42.4. The number of hydrogen-bond donors (Lipinski definition) is 4. The number of ether oxygens (including phenoxy) is 1. The maximum Gasteiger partial charge on any atom is 0.123 e. The summed E-state index contributed by atoms with van der Waals surface area (Å²) in [5.74, 6) is 0. The molecule has 0 radical (unpaired) electrons. The fraction of sp³-hybridized carbons (Fsp3) is 0.609. The highest BCUT2D eigenvalue weighted by Gasteiger charge is 2.35. The van der Waals surface area contributed by atoms with Crippen molar-refractivity contribution in [3.63, 3.8) is 0 Å². The summed E-state index contributed by atoms with van der Waals surface area (Å²) < 4.78 is 5.78. The first-order chi connectivity index (χ1) is 15.0. The van der Waals surface area contributed by atoms with Crippen molar-refractivity contribution in [3.8, 4) is 10.6 Å². The van der Waals surface area contributed by atoms with Crippen molar-refractivity contribution in [2.24, 2.45) is 0 Å². The van der Waals surface area contributed by atoms with E-state index in [9.17, 15) is 20.4 Å². The van der Waals surface area contributed by atoms with Gasteiger partial charge in [0.05, 0.1) is 24.5 Å². The number of thiazole rings is 1. The Bertz CT molecular complexity index is 786. The maximum absolute atomic E-state index is 9.91. The minimum absolute atomic E-state index is 0.260. The van der Waals surface area contributed by atoms with E-state index in [0.717, 1.165) is 42.9 Å². The molecular weight excluding hydrogens is 416 g/mol. The summed E-state index contributed by atoms with van der Waals surface area (Å²) in [7, 11) is 0. The molecule has 8 heteroatoms. The number of rotatable bonds is 10. The Morgan fingerprint density at radius 1 is 1.00 bits per heavy atom. The van der Waals surface area contributed by atoms with Gasteiger partial charge in [0, 0.05) is 30.6 Å². The van der Waals surface area contributed by atoms with Crippen LogP contribution in [0.1, 0.15) is 36.9 Å². The van der Waals surface area contributed by atoms with Gasteiger partial charge in [-0.05, 0) is 31.9 Å². The van der Waals surface area contributed by atoms with E-state index in [-0.39, 0.29) is 13.1 Å². The summed E-state index contributed by atoms with van der Waals surface area (Å²) in [4.78, 5) is 6.58. The van der Waals surface area contributed by atoms with Crippen molar-refractivity contribution in [2.75, 3.05) is 26.2 Å². The van der Waals surface area contributed by atoms with Gasteiger partial charge in [0.15, 0.2) is 0 Å². The zero-order chi connectivity index (χ0) is 22.2. The third kappa shape index (κ3) is 7.05. The second kappa shape index (κ2) is 12.0. The largest absolute Gasteiger partial charge is 0.389 e. The molecule has 1 fully saturated rings. The minimum Gasteiger partial charge on any atom is -0.389 e. The second-order valence-corrected chi connectivity index (χ2v) is 9.16. The molecule has 1 aromatic heterocycles. The Labute approximate surface area is 188 Å². The lowest BCUT2D eigenvalue weighted by atomic mass is 10.1. The molecule has 0 bridgehead atoms. The predicted octanol–water partition coefficient (Wildman–Crippen LogP) is 1.95. The normalized spacial score (nSPS) is 24.9. The van der Waals surface area contributed by atoms with E-state index in [0.29, 0.717) is 13.2 Å². The molecule has 172 valence electrons. The number of aryl methyl sites for hydroxylation is 1. The van der Waals surface area contributed by atoms with Gasteiger partial charge in [0.2, 0.25) is 0 Å². The lowest BCUT2D eigenvalue weighted by Gasteiger charge is -2.23. The van der Waals surface area contributed by atoms with Gasteiger partial charge in [0.25, 0.3) is 0 Å². The summed E-state index contributed by atoms with van der Waals surface area (Å²) in [6, 6.07) is 8.25. The average Bonchev–Trinajstić information content (AvgIpc) is 3.19. The molecule has 0 unspecified atom stereocenters. The molecule has 2 heterocycles. The lowest BCUT2D eigenvalue weighted by molar-refractivity contribution is -0.0894. The molecule has 1 aliphatic heterocycles. The van der Waals surface area contributed by atoms with Crippen LogP contribution in [0.4, 0.5) is 0 Å². The fourth-order valence-electron chi connectivity index (χ4n) is 3.84. The molecule has 2 aromatic rings. The van der Waals surface area contributed by atoms with Crippen molar-refractivity contribution < 1.29 is 25.2 Å². The van der Waals surface area contributed by atoms with Crippen LogP contribution in [0.2, 0.25) is 0 Å². The first-order valence-corrected chi connectivity index (χ1v) is 11.9. The van der Waals surface area contributed by atoms with Crippen molar-refractivity contribution >= 4 is 11.3 Å². The number of hydrogen-bond acceptors (Lipinski definition) is 8. The number of benzene rings is 1. The van der Waals surface area contributed by atoms with Crippen molar-refractivity contribution in [2.45, 2.75) is 63.6 Å². The van der Waals surface area contributed by atoms with Gasteiger partial charge in [-0.3, -0.25) is 4.90 Å². The van der Waals surface area contributed by atoms with Crippen LogP contribution in [0.15, 0.2) is 29.6 Å². The molecular formula is C23H34N2O5S. The molecule has 0 saturated carbocycles. The van der Waals surface area contributed by atoms with E-state index in [1.54, 1.807) is 11.3 Å².